The molecule has 0 bridgehead atoms. The molecule has 1 heteroatoms. The lowest BCUT2D eigenvalue weighted by atomic mass is 9.86. The summed E-state index contributed by atoms with van der Waals surface area (Å²) in [4.78, 5) is 0. The Kier molecular flexibility index (Phi) is 3.42. The van der Waals surface area contributed by atoms with Crippen molar-refractivity contribution < 1.29 is 4.74 Å². The molecule has 0 N–H and O–H groups in total. The third kappa shape index (κ3) is 2.56. The van der Waals surface area contributed by atoms with Gasteiger partial charge < -0.3 is 4.74 Å². The molecule has 0 aliphatic heterocycles. The van der Waals surface area contributed by atoms with E-state index in [1.807, 2.05) is 18.2 Å². The summed E-state index contributed by atoms with van der Waals surface area (Å²) >= 11 is 0. The zero-order chi connectivity index (χ0) is 13.2. The number of hydrogen-bond acceptors (Lipinski definition) is 1. The first-order valence-electron chi connectivity index (χ1n) is 6.17. The van der Waals surface area contributed by atoms with E-state index in [1.165, 1.54) is 11.1 Å². The lowest BCUT2D eigenvalue weighted by molar-refractivity contribution is 0.416. The molecule has 1 radical (unpaired) electrons. The Balaban J connectivity index is 2.41. The summed E-state index contributed by atoms with van der Waals surface area (Å²) in [7, 11) is 1.69. The number of methoxy groups -OCH3 is 1. The molecule has 18 heavy (non-hydrogen) atoms. The highest BCUT2D eigenvalue weighted by Gasteiger charge is 2.13. The molecule has 0 aliphatic carbocycles. The number of benzene rings is 2. The normalized spacial score (nSPS) is 11.3. The fourth-order valence-electron chi connectivity index (χ4n) is 1.97. The van der Waals surface area contributed by atoms with Gasteiger partial charge in [0.05, 0.1) is 7.11 Å². The Morgan fingerprint density at radius 2 is 1.67 bits per heavy atom. The van der Waals surface area contributed by atoms with E-state index in [-0.39, 0.29) is 5.41 Å². The molecule has 0 spiro atoms. The van der Waals surface area contributed by atoms with Gasteiger partial charge >= 0.3 is 0 Å². The Morgan fingerprint density at radius 3 is 2.22 bits per heavy atom. The van der Waals surface area contributed by atoms with Gasteiger partial charge in [0.2, 0.25) is 0 Å². The first-order valence-corrected chi connectivity index (χ1v) is 6.17. The molecule has 93 valence electrons. The maximum absolute atomic E-state index is 5.37. The van der Waals surface area contributed by atoms with E-state index in [4.69, 9.17) is 4.74 Å². The second-order valence-corrected chi connectivity index (χ2v) is 5.45. The molecule has 0 saturated carbocycles. The van der Waals surface area contributed by atoms with E-state index in [0.717, 1.165) is 11.3 Å². The Bertz CT molecular complexity index is 518. The number of rotatable bonds is 2. The molecular weight excluding hydrogens is 220 g/mol. The lowest BCUT2D eigenvalue weighted by Gasteiger charge is -2.19. The van der Waals surface area contributed by atoms with Crippen LogP contribution in [0.3, 0.4) is 0 Å². The quantitative estimate of drug-likeness (QED) is 0.751. The van der Waals surface area contributed by atoms with E-state index < -0.39 is 0 Å². The van der Waals surface area contributed by atoms with Crippen LogP contribution < -0.4 is 4.74 Å². The van der Waals surface area contributed by atoms with Crippen molar-refractivity contribution in [3.8, 4) is 16.9 Å². The van der Waals surface area contributed by atoms with Crippen LogP contribution in [0.1, 0.15) is 26.3 Å². The molecule has 2 aromatic rings. The standard InChI is InChI=1S/C17H19O/c1-17(2,3)14-11-9-13(10-12-14)15-7-5-6-8-16(15)18-4/h5,7-12H,1-4H3. The van der Waals surface area contributed by atoms with Crippen molar-refractivity contribution in [2.75, 3.05) is 7.11 Å². The second kappa shape index (κ2) is 4.85. The smallest absolute Gasteiger partial charge is 0.127 e. The summed E-state index contributed by atoms with van der Waals surface area (Å²) in [6.07, 6.45) is 0. The van der Waals surface area contributed by atoms with E-state index in [0.29, 0.717) is 0 Å². The van der Waals surface area contributed by atoms with Crippen molar-refractivity contribution in [3.05, 3.63) is 54.1 Å². The number of ether oxygens (including phenoxy) is 1. The van der Waals surface area contributed by atoms with Crippen LogP contribution in [0.25, 0.3) is 11.1 Å². The minimum absolute atomic E-state index is 0.188. The van der Waals surface area contributed by atoms with Gasteiger partial charge in [0, 0.05) is 5.56 Å². The molecule has 2 rings (SSSR count). The maximum Gasteiger partial charge on any atom is 0.127 e. The third-order valence-corrected chi connectivity index (χ3v) is 3.11. The zero-order valence-electron chi connectivity index (χ0n) is 11.4. The number of hydrogen-bond donors (Lipinski definition) is 0. The SMILES string of the molecule is COc1c[c]ccc1-c1ccc(C(C)(C)C)cc1. The molecule has 0 unspecified atom stereocenters. The van der Waals surface area contributed by atoms with Gasteiger partial charge in [0.15, 0.2) is 0 Å². The Hall–Kier alpha value is -1.76. The maximum atomic E-state index is 5.37. The van der Waals surface area contributed by atoms with E-state index in [2.05, 4.69) is 51.1 Å². The van der Waals surface area contributed by atoms with Crippen molar-refractivity contribution in [2.45, 2.75) is 26.2 Å². The highest BCUT2D eigenvalue weighted by Crippen LogP contribution is 2.31. The molecule has 2 aromatic carbocycles. The van der Waals surface area contributed by atoms with Crippen LogP contribution in [0.5, 0.6) is 5.75 Å². The predicted octanol–water partition coefficient (Wildman–Crippen LogP) is 4.46. The van der Waals surface area contributed by atoms with E-state index in [9.17, 15) is 0 Å². The zero-order valence-corrected chi connectivity index (χ0v) is 11.4. The van der Waals surface area contributed by atoms with Crippen molar-refractivity contribution in [3.63, 3.8) is 0 Å². The minimum Gasteiger partial charge on any atom is -0.496 e. The average molecular weight is 239 g/mol. The summed E-state index contributed by atoms with van der Waals surface area (Å²) in [5.41, 5.74) is 3.81. The fourth-order valence-corrected chi connectivity index (χ4v) is 1.97. The van der Waals surface area contributed by atoms with Crippen LogP contribution in [0.2, 0.25) is 0 Å². The monoisotopic (exact) mass is 239 g/mol. The van der Waals surface area contributed by atoms with Crippen molar-refractivity contribution >= 4 is 0 Å². The topological polar surface area (TPSA) is 9.23 Å². The summed E-state index contributed by atoms with van der Waals surface area (Å²) in [5, 5.41) is 0. The lowest BCUT2D eigenvalue weighted by Crippen LogP contribution is -2.10. The average Bonchev–Trinajstić information content (AvgIpc) is 2.38. The van der Waals surface area contributed by atoms with Gasteiger partial charge in [-0.25, -0.2) is 0 Å². The highest BCUT2D eigenvalue weighted by molar-refractivity contribution is 5.70. The molecule has 0 heterocycles. The van der Waals surface area contributed by atoms with Gasteiger partial charge in [-0.05, 0) is 28.7 Å². The van der Waals surface area contributed by atoms with Gasteiger partial charge in [-0.15, -0.1) is 0 Å². The van der Waals surface area contributed by atoms with Crippen LogP contribution in [-0.2, 0) is 5.41 Å². The third-order valence-electron chi connectivity index (χ3n) is 3.11. The van der Waals surface area contributed by atoms with E-state index in [1.54, 1.807) is 7.11 Å². The molecule has 0 aromatic heterocycles. The molecule has 0 atom stereocenters. The van der Waals surface area contributed by atoms with Gasteiger partial charge in [0.1, 0.15) is 5.75 Å². The van der Waals surface area contributed by atoms with Crippen molar-refractivity contribution in [1.82, 2.24) is 0 Å². The summed E-state index contributed by atoms with van der Waals surface area (Å²) in [6.45, 7) is 6.67. The van der Waals surface area contributed by atoms with Gasteiger partial charge in [-0.2, -0.15) is 0 Å². The summed E-state index contributed by atoms with van der Waals surface area (Å²) in [6, 6.07) is 17.5. The first-order chi connectivity index (χ1) is 8.52. The Labute approximate surface area is 109 Å². The second-order valence-electron chi connectivity index (χ2n) is 5.45. The van der Waals surface area contributed by atoms with Gasteiger partial charge in [0.25, 0.3) is 0 Å². The van der Waals surface area contributed by atoms with Crippen LogP contribution in [0.15, 0.2) is 42.5 Å². The fraction of sp³-hybridized carbons (Fsp3) is 0.294. The summed E-state index contributed by atoms with van der Waals surface area (Å²) in [5.74, 6) is 0.862. The molecule has 0 amide bonds. The molecule has 1 nitrogen and oxygen atoms in total. The first kappa shape index (κ1) is 12.7. The van der Waals surface area contributed by atoms with Crippen LogP contribution >= 0.6 is 0 Å². The van der Waals surface area contributed by atoms with Crippen LogP contribution in [0.4, 0.5) is 0 Å². The predicted molar refractivity (Wildman–Crippen MR) is 76.0 cm³/mol. The molecule has 0 fully saturated rings. The Morgan fingerprint density at radius 1 is 1.00 bits per heavy atom. The molecular formula is C17H19O. The van der Waals surface area contributed by atoms with Crippen LogP contribution in [-0.4, -0.2) is 7.11 Å². The minimum atomic E-state index is 0.188. The largest absolute Gasteiger partial charge is 0.496 e. The highest BCUT2D eigenvalue weighted by atomic mass is 16.5. The van der Waals surface area contributed by atoms with E-state index >= 15 is 0 Å². The van der Waals surface area contributed by atoms with Crippen molar-refractivity contribution in [1.29, 1.82) is 0 Å². The van der Waals surface area contributed by atoms with Crippen LogP contribution in [0, 0.1) is 6.07 Å². The molecule has 0 saturated heterocycles. The van der Waals surface area contributed by atoms with Crippen molar-refractivity contribution in [2.24, 2.45) is 0 Å². The van der Waals surface area contributed by atoms with Gasteiger partial charge in [-0.3, -0.25) is 0 Å². The molecule has 0 aliphatic rings. The van der Waals surface area contributed by atoms with Gasteiger partial charge in [-0.1, -0.05) is 57.2 Å². The summed E-state index contributed by atoms with van der Waals surface area (Å²) < 4.78 is 5.37.